The Hall–Kier alpha value is -1.47. The topological polar surface area (TPSA) is 65.5 Å². The first-order valence-corrected chi connectivity index (χ1v) is 8.19. The van der Waals surface area contributed by atoms with Gasteiger partial charge in [0.05, 0.1) is 18.8 Å². The maximum absolute atomic E-state index is 12.1. The first kappa shape index (κ1) is 14.5. The molecule has 2 heterocycles. The number of nitrogens with one attached hydrogen (secondary N) is 1. The molecule has 0 radical (unpaired) electrons. The van der Waals surface area contributed by atoms with Gasteiger partial charge in [0, 0.05) is 18.0 Å². The first-order chi connectivity index (χ1) is 10.1. The van der Waals surface area contributed by atoms with Crippen LogP contribution in [0.2, 0.25) is 0 Å². The van der Waals surface area contributed by atoms with Crippen LogP contribution in [0.25, 0.3) is 0 Å². The van der Waals surface area contributed by atoms with Gasteiger partial charge in [-0.15, -0.1) is 11.3 Å². The summed E-state index contributed by atoms with van der Waals surface area (Å²) in [6.07, 6.45) is 4.72. The van der Waals surface area contributed by atoms with Gasteiger partial charge in [0.2, 0.25) is 5.91 Å². The first-order valence-electron chi connectivity index (χ1n) is 7.37. The number of rotatable bonds is 4. The molecule has 0 saturated carbocycles. The van der Waals surface area contributed by atoms with E-state index in [1.165, 1.54) is 28.3 Å². The Morgan fingerprint density at radius 3 is 2.95 bits per heavy atom. The zero-order valence-electron chi connectivity index (χ0n) is 12.2. The smallest absolute Gasteiger partial charge is 0.324 e. The summed E-state index contributed by atoms with van der Waals surface area (Å²) in [6, 6.07) is -0.280. The minimum Gasteiger partial charge on any atom is -0.336 e. The number of carbonyl (C=O) groups is 2. The summed E-state index contributed by atoms with van der Waals surface area (Å²) in [5.41, 5.74) is 1.25. The van der Waals surface area contributed by atoms with Gasteiger partial charge in [-0.1, -0.05) is 0 Å². The van der Waals surface area contributed by atoms with Gasteiger partial charge in [-0.3, -0.25) is 14.6 Å². The molecule has 3 rings (SSSR count). The lowest BCUT2D eigenvalue weighted by Crippen LogP contribution is -2.40. The lowest BCUT2D eigenvalue weighted by atomic mass is 10.0. The second-order valence-corrected chi connectivity index (χ2v) is 6.80. The molecule has 1 N–H and O–H groups in total. The highest BCUT2D eigenvalue weighted by atomic mass is 32.1. The van der Waals surface area contributed by atoms with Gasteiger partial charge < -0.3 is 5.32 Å². The molecule has 0 atom stereocenters. The fraction of sp³-hybridized carbons (Fsp3) is 0.643. The highest BCUT2D eigenvalue weighted by molar-refractivity contribution is 7.11. The largest absolute Gasteiger partial charge is 0.336 e. The van der Waals surface area contributed by atoms with E-state index < -0.39 is 0 Å². The highest BCUT2D eigenvalue weighted by Gasteiger charge is 2.26. The molecule has 7 heteroatoms. The number of imide groups is 1. The van der Waals surface area contributed by atoms with E-state index in [0.717, 1.165) is 17.8 Å². The van der Waals surface area contributed by atoms with Crippen molar-refractivity contribution in [2.75, 3.05) is 26.7 Å². The fourth-order valence-electron chi connectivity index (χ4n) is 2.79. The Morgan fingerprint density at radius 1 is 1.43 bits per heavy atom. The normalized spacial score (nSPS) is 18.0. The quantitative estimate of drug-likeness (QED) is 0.901. The number of carbonyl (C=O) groups excluding carboxylic acids is 2. The Labute approximate surface area is 128 Å². The number of urea groups is 1. The van der Waals surface area contributed by atoms with Crippen molar-refractivity contribution in [2.45, 2.75) is 32.2 Å². The van der Waals surface area contributed by atoms with Crippen LogP contribution in [0.4, 0.5) is 4.79 Å². The summed E-state index contributed by atoms with van der Waals surface area (Å²) in [5, 5.41) is 3.72. The summed E-state index contributed by atoms with van der Waals surface area (Å²) >= 11 is 1.77. The Morgan fingerprint density at radius 2 is 2.24 bits per heavy atom. The third-order valence-electron chi connectivity index (χ3n) is 3.86. The van der Waals surface area contributed by atoms with Crippen molar-refractivity contribution in [3.8, 4) is 0 Å². The predicted octanol–water partition coefficient (Wildman–Crippen LogP) is 1.01. The second kappa shape index (κ2) is 6.11. The number of thiazole rings is 1. The lowest BCUT2D eigenvalue weighted by Gasteiger charge is -2.18. The number of hydrogen-bond donors (Lipinski definition) is 1. The van der Waals surface area contributed by atoms with Crippen molar-refractivity contribution >= 4 is 23.3 Å². The van der Waals surface area contributed by atoms with Crippen LogP contribution in [0, 0.1) is 0 Å². The highest BCUT2D eigenvalue weighted by Crippen LogP contribution is 2.27. The van der Waals surface area contributed by atoms with Crippen molar-refractivity contribution < 1.29 is 9.59 Å². The SMILES string of the molecule is CN(CC(=O)N1CCNC1=O)Cc1nc2c(s1)CCCC2. The van der Waals surface area contributed by atoms with E-state index in [-0.39, 0.29) is 18.5 Å². The van der Waals surface area contributed by atoms with Crippen molar-refractivity contribution in [2.24, 2.45) is 0 Å². The molecule has 0 spiro atoms. The van der Waals surface area contributed by atoms with Gasteiger partial charge in [0.15, 0.2) is 0 Å². The average molecular weight is 308 g/mol. The van der Waals surface area contributed by atoms with Crippen LogP contribution >= 0.6 is 11.3 Å². The molecule has 1 aromatic rings. The monoisotopic (exact) mass is 308 g/mol. The van der Waals surface area contributed by atoms with Crippen molar-refractivity contribution in [1.82, 2.24) is 20.1 Å². The number of fused-ring (bicyclic) bond motifs is 1. The number of nitrogens with zero attached hydrogens (tertiary/aromatic N) is 3. The van der Waals surface area contributed by atoms with E-state index in [1.54, 1.807) is 11.3 Å². The van der Waals surface area contributed by atoms with Crippen LogP contribution in [0.5, 0.6) is 0 Å². The van der Waals surface area contributed by atoms with Gasteiger partial charge >= 0.3 is 6.03 Å². The molecule has 1 aliphatic heterocycles. The fourth-order valence-corrected chi connectivity index (χ4v) is 4.02. The number of aryl methyl sites for hydroxylation is 2. The van der Waals surface area contributed by atoms with Gasteiger partial charge in [-0.05, 0) is 32.7 Å². The standard InChI is InChI=1S/C14H20N4O2S/c1-17(9-13(19)18-7-6-15-14(18)20)8-12-16-10-4-2-3-5-11(10)21-12/h2-9H2,1H3,(H,15,20). The molecule has 2 aliphatic rings. The molecule has 1 saturated heterocycles. The summed E-state index contributed by atoms with van der Waals surface area (Å²) in [7, 11) is 1.90. The number of aromatic nitrogens is 1. The zero-order chi connectivity index (χ0) is 14.8. The minimum absolute atomic E-state index is 0.145. The zero-order valence-corrected chi connectivity index (χ0v) is 13.0. The summed E-state index contributed by atoms with van der Waals surface area (Å²) < 4.78 is 0. The maximum Gasteiger partial charge on any atom is 0.324 e. The average Bonchev–Trinajstić information content (AvgIpc) is 3.03. The molecule has 1 fully saturated rings. The summed E-state index contributed by atoms with van der Waals surface area (Å²) in [4.78, 5) is 32.8. The van der Waals surface area contributed by atoms with E-state index in [2.05, 4.69) is 10.3 Å². The van der Waals surface area contributed by atoms with E-state index >= 15 is 0 Å². The number of likely N-dealkylation sites (N-methyl/N-ethyl adjacent to an activating group) is 1. The molecule has 1 aliphatic carbocycles. The van der Waals surface area contributed by atoms with Crippen molar-refractivity contribution in [3.05, 3.63) is 15.6 Å². The molecule has 1 aromatic heterocycles. The van der Waals surface area contributed by atoms with Crippen LogP contribution in [0.1, 0.15) is 28.4 Å². The second-order valence-electron chi connectivity index (χ2n) is 5.63. The third kappa shape index (κ3) is 3.24. The molecule has 0 unspecified atom stereocenters. The molecule has 0 aromatic carbocycles. The Kier molecular flexibility index (Phi) is 4.21. The van der Waals surface area contributed by atoms with E-state index in [9.17, 15) is 9.59 Å². The van der Waals surface area contributed by atoms with Crippen LogP contribution in [0.3, 0.4) is 0 Å². The maximum atomic E-state index is 12.1. The number of amides is 3. The predicted molar refractivity (Wildman–Crippen MR) is 80.2 cm³/mol. The minimum atomic E-state index is -0.280. The van der Waals surface area contributed by atoms with Gasteiger partial charge in [0.25, 0.3) is 0 Å². The van der Waals surface area contributed by atoms with Crippen molar-refractivity contribution in [3.63, 3.8) is 0 Å². The lowest BCUT2D eigenvalue weighted by molar-refractivity contribution is -0.128. The molecular weight excluding hydrogens is 288 g/mol. The molecule has 6 nitrogen and oxygen atoms in total. The van der Waals surface area contributed by atoms with Gasteiger partial charge in [-0.2, -0.15) is 0 Å². The van der Waals surface area contributed by atoms with E-state index in [0.29, 0.717) is 19.6 Å². The van der Waals surface area contributed by atoms with E-state index in [1.807, 2.05) is 11.9 Å². The van der Waals surface area contributed by atoms with Crippen molar-refractivity contribution in [1.29, 1.82) is 0 Å². The molecule has 114 valence electrons. The molecule has 21 heavy (non-hydrogen) atoms. The van der Waals surface area contributed by atoms with Crippen LogP contribution in [-0.4, -0.2) is 53.4 Å². The molecule has 0 bridgehead atoms. The van der Waals surface area contributed by atoms with Gasteiger partial charge in [-0.25, -0.2) is 9.78 Å². The van der Waals surface area contributed by atoms with Crippen LogP contribution in [0.15, 0.2) is 0 Å². The molecule has 3 amide bonds. The summed E-state index contributed by atoms with van der Waals surface area (Å²) in [6.45, 7) is 1.93. The van der Waals surface area contributed by atoms with Gasteiger partial charge in [0.1, 0.15) is 5.01 Å². The Bertz CT molecular complexity index is 534. The number of hydrogen-bond acceptors (Lipinski definition) is 5. The summed E-state index contributed by atoms with van der Waals surface area (Å²) in [5.74, 6) is -0.145. The van der Waals surface area contributed by atoms with Crippen LogP contribution < -0.4 is 5.32 Å². The molecular formula is C14H20N4O2S. The van der Waals surface area contributed by atoms with Crippen LogP contribution in [-0.2, 0) is 24.2 Å². The van der Waals surface area contributed by atoms with E-state index in [4.69, 9.17) is 0 Å². The Balaban J connectivity index is 1.56. The third-order valence-corrected chi connectivity index (χ3v) is 5.00.